The van der Waals surface area contributed by atoms with E-state index in [-0.39, 0.29) is 10.8 Å². The summed E-state index contributed by atoms with van der Waals surface area (Å²) in [5.41, 5.74) is 2.08. The average Bonchev–Trinajstić information content (AvgIpc) is 2.70. The van der Waals surface area contributed by atoms with Gasteiger partial charge in [-0.1, -0.05) is 53.5 Å². The Labute approximate surface area is 166 Å². The zero-order valence-electron chi connectivity index (χ0n) is 14.1. The van der Waals surface area contributed by atoms with Crippen molar-refractivity contribution in [3.63, 3.8) is 0 Å². The molecule has 0 aliphatic heterocycles. The highest BCUT2D eigenvalue weighted by Crippen LogP contribution is 2.25. The zero-order valence-corrected chi connectivity index (χ0v) is 15.7. The Morgan fingerprint density at radius 3 is 1.96 bits per heavy atom. The van der Waals surface area contributed by atoms with E-state index in [4.69, 9.17) is 33.0 Å². The van der Waals surface area contributed by atoms with Gasteiger partial charge in [0.05, 0.1) is 10.0 Å². The molecule has 0 spiro atoms. The van der Waals surface area contributed by atoms with E-state index in [1.165, 1.54) is 18.2 Å². The fourth-order valence-electron chi connectivity index (χ4n) is 2.04. The maximum absolute atomic E-state index is 10.5. The first-order valence-corrected chi connectivity index (χ1v) is 8.64. The number of benzene rings is 3. The lowest BCUT2D eigenvalue weighted by molar-refractivity contribution is 0.111. The number of phenols is 1. The van der Waals surface area contributed by atoms with Gasteiger partial charge in [-0.15, -0.1) is 0 Å². The number of aldehydes is 2. The van der Waals surface area contributed by atoms with Crippen LogP contribution < -0.4 is 4.74 Å². The molecule has 0 radical (unpaired) electrons. The molecule has 0 aromatic heterocycles. The number of halogens is 2. The van der Waals surface area contributed by atoms with Crippen molar-refractivity contribution in [1.82, 2.24) is 0 Å². The van der Waals surface area contributed by atoms with E-state index in [9.17, 15) is 9.59 Å². The molecule has 3 rings (SSSR count). The van der Waals surface area contributed by atoms with Crippen molar-refractivity contribution in [2.24, 2.45) is 0 Å². The molecule has 0 saturated heterocycles. The standard InChI is InChI=1S/C14H11ClO2.C7H5ClO2/c15-13-8-12(9-16)6-7-14(13)17-10-11-4-2-1-3-5-11;8-6-3-5(4-9)1-2-7(6)10/h1-9H,10H2;1-4,10H. The summed E-state index contributed by atoms with van der Waals surface area (Å²) in [6.45, 7) is 0.459. The van der Waals surface area contributed by atoms with Crippen molar-refractivity contribution in [2.75, 3.05) is 0 Å². The Morgan fingerprint density at radius 2 is 1.41 bits per heavy atom. The molecule has 0 saturated carbocycles. The number of hydrogen-bond acceptors (Lipinski definition) is 4. The number of aromatic hydroxyl groups is 1. The van der Waals surface area contributed by atoms with Gasteiger partial charge in [-0.2, -0.15) is 0 Å². The number of hydrogen-bond donors (Lipinski definition) is 1. The van der Waals surface area contributed by atoms with Gasteiger partial charge >= 0.3 is 0 Å². The summed E-state index contributed by atoms with van der Waals surface area (Å²) in [7, 11) is 0. The summed E-state index contributed by atoms with van der Waals surface area (Å²) >= 11 is 11.5. The Kier molecular flexibility index (Phi) is 7.86. The molecule has 0 aliphatic carbocycles. The summed E-state index contributed by atoms with van der Waals surface area (Å²) < 4.78 is 5.57. The van der Waals surface area contributed by atoms with Crippen LogP contribution in [0.4, 0.5) is 0 Å². The lowest BCUT2D eigenvalue weighted by Gasteiger charge is -2.08. The van der Waals surface area contributed by atoms with E-state index in [1.807, 2.05) is 30.3 Å². The minimum Gasteiger partial charge on any atom is -0.506 e. The molecule has 6 heteroatoms. The van der Waals surface area contributed by atoms with Gasteiger partial charge in [0, 0.05) is 11.1 Å². The van der Waals surface area contributed by atoms with Crippen LogP contribution in [0.5, 0.6) is 11.5 Å². The number of phenolic OH excluding ortho intramolecular Hbond substituents is 1. The smallest absolute Gasteiger partial charge is 0.150 e. The van der Waals surface area contributed by atoms with E-state index in [0.29, 0.717) is 34.8 Å². The Hall–Kier alpha value is -2.82. The Bertz CT molecular complexity index is 911. The van der Waals surface area contributed by atoms with E-state index in [0.717, 1.165) is 11.8 Å². The lowest BCUT2D eigenvalue weighted by atomic mass is 10.2. The molecule has 0 aliphatic rings. The van der Waals surface area contributed by atoms with Crippen LogP contribution in [0.25, 0.3) is 0 Å². The van der Waals surface area contributed by atoms with Crippen LogP contribution in [0.1, 0.15) is 26.3 Å². The second-order valence-corrected chi connectivity index (χ2v) is 6.23. The summed E-state index contributed by atoms with van der Waals surface area (Å²) in [6, 6.07) is 19.1. The molecule has 138 valence electrons. The summed E-state index contributed by atoms with van der Waals surface area (Å²) in [5.74, 6) is 0.577. The molecule has 0 amide bonds. The van der Waals surface area contributed by atoms with Crippen molar-refractivity contribution in [1.29, 1.82) is 0 Å². The van der Waals surface area contributed by atoms with E-state index >= 15 is 0 Å². The van der Waals surface area contributed by atoms with Crippen LogP contribution in [0.15, 0.2) is 66.7 Å². The third-order valence-corrected chi connectivity index (χ3v) is 4.04. The molecule has 27 heavy (non-hydrogen) atoms. The highest BCUT2D eigenvalue weighted by molar-refractivity contribution is 6.32. The van der Waals surface area contributed by atoms with Gasteiger partial charge in [-0.05, 0) is 42.0 Å². The third-order valence-electron chi connectivity index (χ3n) is 3.44. The van der Waals surface area contributed by atoms with E-state index in [1.54, 1.807) is 18.2 Å². The van der Waals surface area contributed by atoms with Gasteiger partial charge in [0.25, 0.3) is 0 Å². The molecule has 0 unspecified atom stereocenters. The monoisotopic (exact) mass is 402 g/mol. The van der Waals surface area contributed by atoms with Gasteiger partial charge in [-0.25, -0.2) is 0 Å². The zero-order chi connectivity index (χ0) is 19.6. The predicted octanol–water partition coefficient (Wildman–Crippen LogP) is 5.59. The first-order valence-electron chi connectivity index (χ1n) is 7.88. The SMILES string of the molecule is O=Cc1ccc(O)c(Cl)c1.O=Cc1ccc(OCc2ccccc2)c(Cl)c1. The van der Waals surface area contributed by atoms with Crippen molar-refractivity contribution in [3.8, 4) is 11.5 Å². The molecule has 0 fully saturated rings. The maximum Gasteiger partial charge on any atom is 0.150 e. The van der Waals surface area contributed by atoms with Crippen LogP contribution in [0, 0.1) is 0 Å². The molecule has 4 nitrogen and oxygen atoms in total. The molecular formula is C21H16Cl2O4. The number of carbonyl (C=O) groups is 2. The van der Waals surface area contributed by atoms with Crippen LogP contribution in [0.2, 0.25) is 10.0 Å². The van der Waals surface area contributed by atoms with Gasteiger partial charge in [0.15, 0.2) is 0 Å². The highest BCUT2D eigenvalue weighted by Gasteiger charge is 2.03. The van der Waals surface area contributed by atoms with Crippen LogP contribution >= 0.6 is 23.2 Å². The molecular weight excluding hydrogens is 387 g/mol. The lowest BCUT2D eigenvalue weighted by Crippen LogP contribution is -1.96. The van der Waals surface area contributed by atoms with Crippen LogP contribution in [-0.4, -0.2) is 17.7 Å². The average molecular weight is 403 g/mol. The van der Waals surface area contributed by atoms with Crippen molar-refractivity contribution >= 4 is 35.8 Å². The second kappa shape index (κ2) is 10.4. The predicted molar refractivity (Wildman–Crippen MR) is 106 cm³/mol. The normalized spacial score (nSPS) is 9.70. The molecule has 1 N–H and O–H groups in total. The minimum absolute atomic E-state index is 0.00716. The summed E-state index contributed by atoms with van der Waals surface area (Å²) in [6.07, 6.45) is 1.43. The topological polar surface area (TPSA) is 63.6 Å². The quantitative estimate of drug-likeness (QED) is 0.564. The van der Waals surface area contributed by atoms with Gasteiger partial charge in [0.1, 0.15) is 30.7 Å². The van der Waals surface area contributed by atoms with Crippen molar-refractivity contribution in [2.45, 2.75) is 6.61 Å². The Morgan fingerprint density at radius 1 is 0.815 bits per heavy atom. The number of carbonyl (C=O) groups excluding carboxylic acids is 2. The Balaban J connectivity index is 0.000000223. The minimum atomic E-state index is -0.00716. The van der Waals surface area contributed by atoms with Crippen molar-refractivity contribution in [3.05, 3.63) is 93.5 Å². The van der Waals surface area contributed by atoms with Crippen molar-refractivity contribution < 1.29 is 19.4 Å². The summed E-state index contributed by atoms with van der Waals surface area (Å²) in [4.78, 5) is 20.7. The number of ether oxygens (including phenoxy) is 1. The highest BCUT2D eigenvalue weighted by atomic mass is 35.5. The molecule has 0 atom stereocenters. The van der Waals surface area contributed by atoms with Crippen LogP contribution in [0.3, 0.4) is 0 Å². The van der Waals surface area contributed by atoms with Crippen LogP contribution in [-0.2, 0) is 6.61 Å². The first-order chi connectivity index (χ1) is 13.0. The molecule has 3 aromatic rings. The molecule has 3 aromatic carbocycles. The fraction of sp³-hybridized carbons (Fsp3) is 0.0476. The first kappa shape index (κ1) is 20.5. The largest absolute Gasteiger partial charge is 0.506 e. The second-order valence-electron chi connectivity index (χ2n) is 5.41. The fourth-order valence-corrected chi connectivity index (χ4v) is 2.47. The van der Waals surface area contributed by atoms with E-state index in [2.05, 4.69) is 0 Å². The molecule has 0 heterocycles. The van der Waals surface area contributed by atoms with Gasteiger partial charge in [0.2, 0.25) is 0 Å². The van der Waals surface area contributed by atoms with Gasteiger partial charge < -0.3 is 9.84 Å². The van der Waals surface area contributed by atoms with Gasteiger partial charge in [-0.3, -0.25) is 9.59 Å². The maximum atomic E-state index is 10.5. The summed E-state index contributed by atoms with van der Waals surface area (Å²) in [5, 5.41) is 9.54. The third kappa shape index (κ3) is 6.44. The number of rotatable bonds is 5. The van der Waals surface area contributed by atoms with E-state index < -0.39 is 0 Å². The molecule has 0 bridgehead atoms.